The van der Waals surface area contributed by atoms with Crippen LogP contribution in [-0.2, 0) is 11.2 Å². The van der Waals surface area contributed by atoms with Crippen LogP contribution >= 0.6 is 0 Å². The second kappa shape index (κ2) is 7.47. The molecule has 1 saturated carbocycles. The van der Waals surface area contributed by atoms with Gasteiger partial charge in [-0.05, 0) is 43.6 Å². The first-order valence-electron chi connectivity index (χ1n) is 7.86. The van der Waals surface area contributed by atoms with Crippen LogP contribution in [0.3, 0.4) is 0 Å². The van der Waals surface area contributed by atoms with Crippen molar-refractivity contribution in [3.63, 3.8) is 0 Å². The van der Waals surface area contributed by atoms with Gasteiger partial charge in [-0.15, -0.1) is 0 Å². The van der Waals surface area contributed by atoms with Gasteiger partial charge in [-0.3, -0.25) is 4.79 Å². The maximum absolute atomic E-state index is 12.0. The van der Waals surface area contributed by atoms with Gasteiger partial charge in [0.05, 0.1) is 0 Å². The van der Waals surface area contributed by atoms with Crippen LogP contribution in [0, 0.1) is 11.8 Å². The monoisotopic (exact) mass is 258 g/mol. The van der Waals surface area contributed by atoms with Crippen LogP contribution in [0.15, 0.2) is 30.3 Å². The first kappa shape index (κ1) is 14.3. The Morgan fingerprint density at radius 3 is 2.68 bits per heavy atom. The molecule has 1 nitrogen and oxygen atoms in total. The zero-order valence-electron chi connectivity index (χ0n) is 12.1. The summed E-state index contributed by atoms with van der Waals surface area (Å²) in [6.07, 6.45) is 9.05. The molecule has 1 heteroatoms. The fourth-order valence-electron chi connectivity index (χ4n) is 3.35. The highest BCUT2D eigenvalue weighted by Gasteiger charge is 2.27. The number of carbonyl (C=O) groups excluding carboxylic acids is 1. The molecule has 0 spiro atoms. The van der Waals surface area contributed by atoms with Crippen LogP contribution in [0.5, 0.6) is 0 Å². The van der Waals surface area contributed by atoms with Crippen LogP contribution in [0.25, 0.3) is 0 Å². The Balaban J connectivity index is 1.76. The van der Waals surface area contributed by atoms with Gasteiger partial charge in [-0.1, -0.05) is 50.1 Å². The molecule has 104 valence electrons. The standard InChI is InChI=1S/C18H26O/c1-2-7-16-12-13-18(19)17(14-16)11-6-10-15-8-4-3-5-9-15/h3-5,8-9,16-17H,2,6-7,10-14H2,1H3. The molecular weight excluding hydrogens is 232 g/mol. The summed E-state index contributed by atoms with van der Waals surface area (Å²) in [7, 11) is 0. The molecule has 2 unspecified atom stereocenters. The maximum atomic E-state index is 12.0. The summed E-state index contributed by atoms with van der Waals surface area (Å²) in [4.78, 5) is 12.0. The van der Waals surface area contributed by atoms with E-state index in [1.54, 1.807) is 0 Å². The van der Waals surface area contributed by atoms with E-state index in [2.05, 4.69) is 37.3 Å². The quantitative estimate of drug-likeness (QED) is 0.716. The third-order valence-electron chi connectivity index (χ3n) is 4.43. The minimum Gasteiger partial charge on any atom is -0.299 e. The van der Waals surface area contributed by atoms with E-state index < -0.39 is 0 Å². The van der Waals surface area contributed by atoms with Crippen LogP contribution in [0.2, 0.25) is 0 Å². The Kier molecular flexibility index (Phi) is 5.62. The van der Waals surface area contributed by atoms with Crippen molar-refractivity contribution in [1.82, 2.24) is 0 Å². The Bertz CT molecular complexity index is 382. The minimum absolute atomic E-state index is 0.356. The smallest absolute Gasteiger partial charge is 0.135 e. The lowest BCUT2D eigenvalue weighted by molar-refractivity contribution is -0.125. The van der Waals surface area contributed by atoms with E-state index in [4.69, 9.17) is 0 Å². The van der Waals surface area contributed by atoms with Gasteiger partial charge in [-0.25, -0.2) is 0 Å². The minimum atomic E-state index is 0.356. The van der Waals surface area contributed by atoms with Crippen molar-refractivity contribution in [2.75, 3.05) is 0 Å². The fraction of sp³-hybridized carbons (Fsp3) is 0.611. The van der Waals surface area contributed by atoms with Crippen LogP contribution in [-0.4, -0.2) is 5.78 Å². The molecule has 2 rings (SSSR count). The highest BCUT2D eigenvalue weighted by atomic mass is 16.1. The van der Waals surface area contributed by atoms with Crippen molar-refractivity contribution in [3.8, 4) is 0 Å². The molecule has 1 fully saturated rings. The summed E-state index contributed by atoms with van der Waals surface area (Å²) in [6.45, 7) is 2.25. The van der Waals surface area contributed by atoms with Gasteiger partial charge >= 0.3 is 0 Å². The molecule has 0 heterocycles. The Morgan fingerprint density at radius 2 is 1.95 bits per heavy atom. The van der Waals surface area contributed by atoms with Crippen LogP contribution in [0.4, 0.5) is 0 Å². The predicted molar refractivity (Wildman–Crippen MR) is 80.1 cm³/mol. The molecule has 0 aromatic heterocycles. The molecule has 1 aliphatic carbocycles. The molecule has 0 radical (unpaired) electrons. The van der Waals surface area contributed by atoms with E-state index in [9.17, 15) is 4.79 Å². The summed E-state index contributed by atoms with van der Waals surface area (Å²) in [5.41, 5.74) is 1.40. The van der Waals surface area contributed by atoms with Crippen molar-refractivity contribution in [2.24, 2.45) is 11.8 Å². The number of rotatable bonds is 6. The second-order valence-electron chi connectivity index (χ2n) is 5.97. The lowest BCUT2D eigenvalue weighted by Gasteiger charge is -2.28. The Hall–Kier alpha value is -1.11. The zero-order valence-corrected chi connectivity index (χ0v) is 12.1. The van der Waals surface area contributed by atoms with Gasteiger partial charge in [0.15, 0.2) is 0 Å². The predicted octanol–water partition coefficient (Wildman–Crippen LogP) is 4.79. The zero-order chi connectivity index (χ0) is 13.5. The van der Waals surface area contributed by atoms with Crippen LogP contribution in [0.1, 0.15) is 57.4 Å². The van der Waals surface area contributed by atoms with E-state index in [1.807, 2.05) is 0 Å². The van der Waals surface area contributed by atoms with Crippen molar-refractivity contribution in [2.45, 2.75) is 58.3 Å². The number of carbonyl (C=O) groups is 1. The first-order valence-corrected chi connectivity index (χ1v) is 7.86. The lowest BCUT2D eigenvalue weighted by Crippen LogP contribution is -2.25. The molecule has 0 saturated heterocycles. The van der Waals surface area contributed by atoms with Crippen molar-refractivity contribution >= 4 is 5.78 Å². The van der Waals surface area contributed by atoms with E-state index in [0.29, 0.717) is 11.7 Å². The van der Waals surface area contributed by atoms with Gasteiger partial charge in [-0.2, -0.15) is 0 Å². The molecule has 0 aliphatic heterocycles. The highest BCUT2D eigenvalue weighted by Crippen LogP contribution is 2.32. The van der Waals surface area contributed by atoms with Gasteiger partial charge in [0.1, 0.15) is 5.78 Å². The average molecular weight is 258 g/mol. The topological polar surface area (TPSA) is 17.1 Å². The lowest BCUT2D eigenvalue weighted by atomic mass is 9.76. The van der Waals surface area contributed by atoms with Gasteiger partial charge in [0.2, 0.25) is 0 Å². The normalized spacial score (nSPS) is 23.5. The fourth-order valence-corrected chi connectivity index (χ4v) is 3.35. The molecule has 2 atom stereocenters. The average Bonchev–Trinajstić information content (AvgIpc) is 2.44. The van der Waals surface area contributed by atoms with E-state index in [-0.39, 0.29) is 0 Å². The molecule has 19 heavy (non-hydrogen) atoms. The second-order valence-corrected chi connectivity index (χ2v) is 5.97. The Morgan fingerprint density at radius 1 is 1.16 bits per heavy atom. The van der Waals surface area contributed by atoms with Gasteiger partial charge in [0.25, 0.3) is 0 Å². The summed E-state index contributed by atoms with van der Waals surface area (Å²) >= 11 is 0. The summed E-state index contributed by atoms with van der Waals surface area (Å²) < 4.78 is 0. The van der Waals surface area contributed by atoms with Crippen LogP contribution < -0.4 is 0 Å². The number of hydrogen-bond acceptors (Lipinski definition) is 1. The first-order chi connectivity index (χ1) is 9.29. The highest BCUT2D eigenvalue weighted by molar-refractivity contribution is 5.81. The van der Waals surface area contributed by atoms with Crippen molar-refractivity contribution in [3.05, 3.63) is 35.9 Å². The number of Topliss-reactive ketones (excluding diaryl/α,β-unsaturated/α-hetero) is 1. The molecule has 1 aromatic rings. The largest absolute Gasteiger partial charge is 0.299 e. The van der Waals surface area contributed by atoms with E-state index >= 15 is 0 Å². The van der Waals surface area contributed by atoms with E-state index in [0.717, 1.165) is 44.4 Å². The molecule has 1 aliphatic rings. The Labute approximate surface area is 117 Å². The molecular formula is C18H26O. The van der Waals surface area contributed by atoms with Crippen molar-refractivity contribution < 1.29 is 4.79 Å². The van der Waals surface area contributed by atoms with Crippen molar-refractivity contribution in [1.29, 1.82) is 0 Å². The third kappa shape index (κ3) is 4.49. The molecule has 0 amide bonds. The number of aryl methyl sites for hydroxylation is 1. The maximum Gasteiger partial charge on any atom is 0.135 e. The third-order valence-corrected chi connectivity index (χ3v) is 4.43. The molecule has 0 bridgehead atoms. The van der Waals surface area contributed by atoms with E-state index in [1.165, 1.54) is 18.4 Å². The summed E-state index contributed by atoms with van der Waals surface area (Å²) in [5.74, 6) is 1.69. The SMILES string of the molecule is CCCC1CCC(=O)C(CCCc2ccccc2)C1. The van der Waals surface area contributed by atoms with Gasteiger partial charge in [0, 0.05) is 12.3 Å². The summed E-state index contributed by atoms with van der Waals surface area (Å²) in [6, 6.07) is 10.6. The van der Waals surface area contributed by atoms with Gasteiger partial charge < -0.3 is 0 Å². The number of benzene rings is 1. The summed E-state index contributed by atoms with van der Waals surface area (Å²) in [5, 5.41) is 0. The molecule has 0 N–H and O–H groups in total. The number of ketones is 1. The molecule has 1 aromatic carbocycles. The number of hydrogen-bond donors (Lipinski definition) is 0.